The van der Waals surface area contributed by atoms with Gasteiger partial charge in [0, 0.05) is 29.9 Å². The fraction of sp³-hybridized carbons (Fsp3) is 0.294. The summed E-state index contributed by atoms with van der Waals surface area (Å²) in [5.74, 6) is 1.62. The van der Waals surface area contributed by atoms with Gasteiger partial charge in [-0.25, -0.2) is 4.79 Å². The fourth-order valence-electron chi connectivity index (χ4n) is 2.52. The van der Waals surface area contributed by atoms with Crippen LogP contribution in [0.1, 0.15) is 6.42 Å². The Morgan fingerprint density at radius 2 is 2.14 bits per heavy atom. The van der Waals surface area contributed by atoms with E-state index < -0.39 is 0 Å². The van der Waals surface area contributed by atoms with Gasteiger partial charge in [0.1, 0.15) is 0 Å². The van der Waals surface area contributed by atoms with Gasteiger partial charge in [-0.1, -0.05) is 18.2 Å². The van der Waals surface area contributed by atoms with E-state index >= 15 is 0 Å². The second-order valence-electron chi connectivity index (χ2n) is 5.40. The predicted molar refractivity (Wildman–Crippen MR) is 90.1 cm³/mol. The average molecular weight is 313 g/mol. The highest BCUT2D eigenvalue weighted by Crippen LogP contribution is 2.26. The number of benzene rings is 1. The monoisotopic (exact) mass is 313 g/mol. The SMILES string of the molecule is O=C(Nc1cccnc1)N1CCC(CSc2ccccc2)C1. The van der Waals surface area contributed by atoms with Crippen molar-refractivity contribution in [2.75, 3.05) is 24.2 Å². The zero-order valence-electron chi connectivity index (χ0n) is 12.3. The summed E-state index contributed by atoms with van der Waals surface area (Å²) in [5, 5.41) is 2.90. The molecule has 2 heterocycles. The van der Waals surface area contributed by atoms with Crippen LogP contribution in [0.5, 0.6) is 0 Å². The number of nitrogens with zero attached hydrogens (tertiary/aromatic N) is 2. The van der Waals surface area contributed by atoms with Crippen molar-refractivity contribution in [1.82, 2.24) is 9.88 Å². The summed E-state index contributed by atoms with van der Waals surface area (Å²) in [7, 11) is 0. The van der Waals surface area contributed by atoms with Crippen molar-refractivity contribution in [3.8, 4) is 0 Å². The maximum Gasteiger partial charge on any atom is 0.321 e. The largest absolute Gasteiger partial charge is 0.324 e. The minimum atomic E-state index is -0.0276. The number of nitrogens with one attached hydrogen (secondary N) is 1. The number of amides is 2. The highest BCUT2D eigenvalue weighted by atomic mass is 32.2. The number of thioether (sulfide) groups is 1. The number of carbonyl (C=O) groups excluding carboxylic acids is 1. The highest BCUT2D eigenvalue weighted by Gasteiger charge is 2.26. The zero-order valence-corrected chi connectivity index (χ0v) is 13.1. The Morgan fingerprint density at radius 3 is 2.91 bits per heavy atom. The molecule has 2 amide bonds. The molecule has 4 nitrogen and oxygen atoms in total. The Morgan fingerprint density at radius 1 is 1.27 bits per heavy atom. The number of carbonyl (C=O) groups is 1. The first-order chi connectivity index (χ1) is 10.8. The van der Waals surface area contributed by atoms with E-state index in [9.17, 15) is 4.79 Å². The molecule has 5 heteroatoms. The first-order valence-electron chi connectivity index (χ1n) is 7.45. The lowest BCUT2D eigenvalue weighted by molar-refractivity contribution is 0.221. The van der Waals surface area contributed by atoms with Gasteiger partial charge >= 0.3 is 6.03 Å². The second kappa shape index (κ2) is 7.31. The number of likely N-dealkylation sites (tertiary alicyclic amines) is 1. The lowest BCUT2D eigenvalue weighted by Crippen LogP contribution is -2.33. The lowest BCUT2D eigenvalue weighted by atomic mass is 10.2. The molecule has 2 aromatic rings. The standard InChI is InChI=1S/C17H19N3OS/c21-17(19-15-5-4-9-18-11-15)20-10-8-14(12-20)13-22-16-6-2-1-3-7-16/h1-7,9,11,14H,8,10,12-13H2,(H,19,21). The number of rotatable bonds is 4. The molecule has 1 aliphatic rings. The first-order valence-corrected chi connectivity index (χ1v) is 8.43. The molecule has 1 aromatic carbocycles. The van der Waals surface area contributed by atoms with Crippen molar-refractivity contribution in [1.29, 1.82) is 0 Å². The van der Waals surface area contributed by atoms with Crippen LogP contribution in [-0.2, 0) is 0 Å². The van der Waals surface area contributed by atoms with E-state index in [2.05, 4.69) is 34.6 Å². The molecule has 1 atom stereocenters. The lowest BCUT2D eigenvalue weighted by Gasteiger charge is -2.17. The molecule has 3 rings (SSSR count). The predicted octanol–water partition coefficient (Wildman–Crippen LogP) is 3.73. The number of anilines is 1. The van der Waals surface area contributed by atoms with Crippen LogP contribution in [0.3, 0.4) is 0 Å². The molecule has 114 valence electrons. The Kier molecular flexibility index (Phi) is 4.96. The van der Waals surface area contributed by atoms with Crippen LogP contribution in [-0.4, -0.2) is 34.8 Å². The van der Waals surface area contributed by atoms with Crippen LogP contribution in [0.2, 0.25) is 0 Å². The molecule has 1 saturated heterocycles. The molecule has 0 bridgehead atoms. The van der Waals surface area contributed by atoms with E-state index in [1.807, 2.05) is 34.9 Å². The first kappa shape index (κ1) is 14.9. The van der Waals surface area contributed by atoms with Gasteiger partial charge < -0.3 is 10.2 Å². The molecule has 0 radical (unpaired) electrons. The van der Waals surface area contributed by atoms with E-state index in [4.69, 9.17) is 0 Å². The van der Waals surface area contributed by atoms with Crippen LogP contribution in [0.25, 0.3) is 0 Å². The van der Waals surface area contributed by atoms with Gasteiger partial charge in [0.05, 0.1) is 11.9 Å². The Balaban J connectivity index is 1.46. The molecule has 1 aromatic heterocycles. The quantitative estimate of drug-likeness (QED) is 0.875. The second-order valence-corrected chi connectivity index (χ2v) is 6.49. The molecule has 1 aliphatic heterocycles. The molecule has 0 spiro atoms. The molecule has 1 N–H and O–H groups in total. The molecule has 22 heavy (non-hydrogen) atoms. The van der Waals surface area contributed by atoms with E-state index in [1.54, 1.807) is 12.4 Å². The van der Waals surface area contributed by atoms with Crippen molar-refractivity contribution < 1.29 is 4.79 Å². The van der Waals surface area contributed by atoms with Crippen molar-refractivity contribution >= 4 is 23.5 Å². The Labute approximate surface area is 134 Å². The summed E-state index contributed by atoms with van der Waals surface area (Å²) >= 11 is 1.87. The minimum absolute atomic E-state index is 0.0276. The van der Waals surface area contributed by atoms with Crippen molar-refractivity contribution in [3.05, 3.63) is 54.9 Å². The number of hydrogen-bond acceptors (Lipinski definition) is 3. The average Bonchev–Trinajstić information content (AvgIpc) is 3.04. The molecular formula is C17H19N3OS. The summed E-state index contributed by atoms with van der Waals surface area (Å²) in [4.78, 5) is 19.4. The molecule has 1 fully saturated rings. The number of pyridine rings is 1. The number of urea groups is 1. The maximum atomic E-state index is 12.2. The summed E-state index contributed by atoms with van der Waals surface area (Å²) in [6.07, 6.45) is 4.43. The molecule has 0 aliphatic carbocycles. The van der Waals surface area contributed by atoms with Crippen LogP contribution in [0.4, 0.5) is 10.5 Å². The third-order valence-electron chi connectivity index (χ3n) is 3.71. The Hall–Kier alpha value is -2.01. The van der Waals surface area contributed by atoms with E-state index in [1.165, 1.54) is 4.90 Å². The maximum absolute atomic E-state index is 12.2. The van der Waals surface area contributed by atoms with Gasteiger partial charge in [-0.3, -0.25) is 4.98 Å². The van der Waals surface area contributed by atoms with E-state index in [-0.39, 0.29) is 6.03 Å². The third kappa shape index (κ3) is 4.01. The van der Waals surface area contributed by atoms with Gasteiger partial charge in [0.15, 0.2) is 0 Å². The number of hydrogen-bond donors (Lipinski definition) is 1. The van der Waals surface area contributed by atoms with Crippen molar-refractivity contribution in [3.63, 3.8) is 0 Å². The highest BCUT2D eigenvalue weighted by molar-refractivity contribution is 7.99. The minimum Gasteiger partial charge on any atom is -0.324 e. The van der Waals surface area contributed by atoms with Crippen LogP contribution >= 0.6 is 11.8 Å². The summed E-state index contributed by atoms with van der Waals surface area (Å²) in [5.41, 5.74) is 0.745. The number of aromatic nitrogens is 1. The molecular weight excluding hydrogens is 294 g/mol. The zero-order chi connectivity index (χ0) is 15.2. The van der Waals surface area contributed by atoms with Crippen LogP contribution in [0, 0.1) is 5.92 Å². The van der Waals surface area contributed by atoms with Gasteiger partial charge in [-0.2, -0.15) is 0 Å². The topological polar surface area (TPSA) is 45.2 Å². The van der Waals surface area contributed by atoms with Crippen molar-refractivity contribution in [2.24, 2.45) is 5.92 Å². The third-order valence-corrected chi connectivity index (χ3v) is 4.96. The van der Waals surface area contributed by atoms with Gasteiger partial charge in [0.25, 0.3) is 0 Å². The van der Waals surface area contributed by atoms with Crippen LogP contribution in [0.15, 0.2) is 59.8 Å². The summed E-state index contributed by atoms with van der Waals surface area (Å²) in [6, 6.07) is 14.1. The van der Waals surface area contributed by atoms with E-state index in [0.717, 1.165) is 31.0 Å². The van der Waals surface area contributed by atoms with Gasteiger partial charge in [0.2, 0.25) is 0 Å². The van der Waals surface area contributed by atoms with Crippen LogP contribution < -0.4 is 5.32 Å². The Bertz CT molecular complexity index is 606. The van der Waals surface area contributed by atoms with Gasteiger partial charge in [-0.15, -0.1) is 11.8 Å². The summed E-state index contributed by atoms with van der Waals surface area (Å²) in [6.45, 7) is 1.65. The molecule has 1 unspecified atom stereocenters. The fourth-order valence-corrected chi connectivity index (χ4v) is 3.57. The normalized spacial score (nSPS) is 17.5. The summed E-state index contributed by atoms with van der Waals surface area (Å²) < 4.78 is 0. The molecule has 0 saturated carbocycles. The smallest absolute Gasteiger partial charge is 0.321 e. The van der Waals surface area contributed by atoms with Crippen molar-refractivity contribution in [2.45, 2.75) is 11.3 Å². The van der Waals surface area contributed by atoms with E-state index in [0.29, 0.717) is 5.92 Å². The van der Waals surface area contributed by atoms with Gasteiger partial charge in [-0.05, 0) is 36.6 Å².